The van der Waals surface area contributed by atoms with E-state index in [1.807, 2.05) is 109 Å². The largest absolute Gasteiger partial charge is 0.0633 e. The van der Waals surface area contributed by atoms with Gasteiger partial charge in [-0.3, -0.25) is 0 Å². The fourth-order valence-electron chi connectivity index (χ4n) is 9.90. The van der Waals surface area contributed by atoms with Crippen LogP contribution in [-0.2, 0) is 11.8 Å². The van der Waals surface area contributed by atoms with Crippen molar-refractivity contribution in [3.8, 4) is 44.5 Å². The van der Waals surface area contributed by atoms with Crippen LogP contribution in [0.3, 0.4) is 0 Å². The maximum atomic E-state index is 10.4. The second-order valence-corrected chi connectivity index (χ2v) is 15.8. The smallest absolute Gasteiger partial charge is 0.0622 e. The zero-order chi connectivity index (χ0) is 55.1. The van der Waals surface area contributed by atoms with Gasteiger partial charge in [0, 0.05) is 13.6 Å². The Morgan fingerprint density at radius 1 is 0.417 bits per heavy atom. The normalized spacial score (nSPS) is 18.1. The minimum atomic E-state index is -3.67. The molecular formula is C60H40. The van der Waals surface area contributed by atoms with E-state index in [0.717, 1.165) is 64.6 Å². The third kappa shape index (κ3) is 4.74. The van der Waals surface area contributed by atoms with Crippen LogP contribution in [0.5, 0.6) is 0 Å². The molecule has 0 fully saturated rings. The Hall–Kier alpha value is -7.28. The number of fused-ring (bicyclic) bond motifs is 3. The van der Waals surface area contributed by atoms with Crippen molar-refractivity contribution in [2.24, 2.45) is 0 Å². The summed E-state index contributed by atoms with van der Waals surface area (Å²) in [6.07, 6.45) is -0.452. The van der Waals surface area contributed by atoms with Gasteiger partial charge >= 0.3 is 0 Å². The lowest BCUT2D eigenvalue weighted by molar-refractivity contribution is 0.660. The minimum absolute atomic E-state index is 0.0162. The molecule has 0 radical (unpaired) electrons. The van der Waals surface area contributed by atoms with Crippen LogP contribution in [-0.4, -0.2) is 0 Å². The molecule has 1 aliphatic carbocycles. The molecule has 12 aromatic carbocycles. The van der Waals surface area contributed by atoms with E-state index in [9.17, 15) is 6.85 Å². The number of hydrogen-bond donors (Lipinski definition) is 0. The molecule has 0 aliphatic heterocycles. The van der Waals surface area contributed by atoms with Crippen molar-refractivity contribution in [2.75, 3.05) is 0 Å². The highest BCUT2D eigenvalue weighted by Crippen LogP contribution is 2.51. The van der Waals surface area contributed by atoms with Crippen LogP contribution in [0.25, 0.3) is 109 Å². The van der Waals surface area contributed by atoms with Crippen LogP contribution >= 0.6 is 0 Å². The molecule has 0 N–H and O–H groups in total. The number of hydrogen-bond acceptors (Lipinski definition) is 0. The van der Waals surface area contributed by atoms with Crippen molar-refractivity contribution < 1.29 is 24.7 Å². The molecule has 0 amide bonds. The van der Waals surface area contributed by atoms with Crippen molar-refractivity contribution in [3.05, 3.63) is 216 Å². The lowest BCUT2D eigenvalue weighted by Crippen LogP contribution is -2.15. The fraction of sp³-hybridized carbons (Fsp3) is 0.0667. The molecule has 0 saturated heterocycles. The first kappa shape index (κ1) is 20.6. The lowest BCUT2D eigenvalue weighted by atomic mass is 9.79. The van der Waals surface area contributed by atoms with Gasteiger partial charge in [-0.15, -0.1) is 0 Å². The quantitative estimate of drug-likeness (QED) is 0.153. The highest BCUT2D eigenvalue weighted by atomic mass is 14.4. The summed E-state index contributed by atoms with van der Waals surface area (Å²) in [5, 5.41) is 11.2. The first-order valence-corrected chi connectivity index (χ1v) is 19.8. The Morgan fingerprint density at radius 3 is 1.62 bits per heavy atom. The van der Waals surface area contributed by atoms with Crippen molar-refractivity contribution >= 4 is 64.6 Å². The van der Waals surface area contributed by atoms with Gasteiger partial charge in [0.05, 0.1) is 16.4 Å². The maximum Gasteiger partial charge on any atom is 0.0633 e. The summed E-state index contributed by atoms with van der Waals surface area (Å²) in [4.78, 5) is 0. The van der Waals surface area contributed by atoms with Gasteiger partial charge in [0.1, 0.15) is 0 Å². The van der Waals surface area contributed by atoms with E-state index < -0.39 is 126 Å². The summed E-state index contributed by atoms with van der Waals surface area (Å²) in [5.41, 5.74) is -4.38. The predicted molar refractivity (Wildman–Crippen MR) is 257 cm³/mol. The molecule has 12 aromatic rings. The monoisotopic (exact) mass is 778 g/mol. The molecule has 0 heteroatoms. The van der Waals surface area contributed by atoms with E-state index in [1.54, 1.807) is 6.07 Å². The Balaban J connectivity index is 1.25. The van der Waals surface area contributed by atoms with Crippen molar-refractivity contribution in [1.82, 2.24) is 0 Å². The zero-order valence-corrected chi connectivity index (χ0v) is 31.8. The molecule has 0 saturated carbocycles. The highest BCUT2D eigenvalue weighted by molar-refractivity contribution is 6.27. The van der Waals surface area contributed by atoms with Gasteiger partial charge < -0.3 is 0 Å². The molecule has 13 rings (SSSR count). The van der Waals surface area contributed by atoms with Gasteiger partial charge in [0.25, 0.3) is 0 Å². The van der Waals surface area contributed by atoms with Gasteiger partial charge in [0.2, 0.25) is 0 Å². The first-order chi connectivity index (χ1) is 37.0. The average Bonchev–Trinajstić information content (AvgIpc) is 2.54. The molecule has 0 heterocycles. The maximum absolute atomic E-state index is 10.4. The van der Waals surface area contributed by atoms with Gasteiger partial charge in [0.15, 0.2) is 0 Å². The Kier molecular flexibility index (Phi) is 4.25. The van der Waals surface area contributed by atoms with E-state index in [-0.39, 0.29) is 16.7 Å². The average molecular weight is 779 g/mol. The van der Waals surface area contributed by atoms with E-state index in [0.29, 0.717) is 22.3 Å². The van der Waals surface area contributed by atoms with Gasteiger partial charge in [-0.1, -0.05) is 189 Å². The van der Waals surface area contributed by atoms with Crippen LogP contribution in [0.4, 0.5) is 0 Å². The van der Waals surface area contributed by atoms with E-state index in [4.69, 9.17) is 17.8 Å². The van der Waals surface area contributed by atoms with Crippen molar-refractivity contribution in [3.63, 3.8) is 0 Å². The SMILES string of the molecule is [2H]c1c([2H])c([2H])c(Cc2c(-c3c([2H])c([2H])c4c(c3[2H])C(C([2H])([2H])[2H])(C([2H])([2H])[2H])c3c([2H])c([2H])c([2H])c([2H])c3-4)cc(-c3ccc4ccc5cccc6ccc3c4c56)cc2-c2ccc3ccc4cccc5ccc2c3c45)c([2H])c1[2H]. The molecule has 0 atom stereocenters. The van der Waals surface area contributed by atoms with E-state index in [1.165, 1.54) is 0 Å². The molecule has 280 valence electrons. The second kappa shape index (κ2) is 12.4. The summed E-state index contributed by atoms with van der Waals surface area (Å²) in [5.74, 6) is 0. The lowest BCUT2D eigenvalue weighted by Gasteiger charge is -2.24. The minimum Gasteiger partial charge on any atom is -0.0622 e. The molecule has 0 unspecified atom stereocenters. The van der Waals surface area contributed by atoms with Crippen LogP contribution < -0.4 is 0 Å². The van der Waals surface area contributed by atoms with Crippen LogP contribution in [0.2, 0.25) is 0 Å². The van der Waals surface area contributed by atoms with Crippen LogP contribution in [0, 0.1) is 0 Å². The Morgan fingerprint density at radius 2 is 0.950 bits per heavy atom. The van der Waals surface area contributed by atoms with Crippen LogP contribution in [0.1, 0.15) is 60.6 Å². The third-order valence-corrected chi connectivity index (χ3v) is 12.6. The Bertz CT molecular complexity index is 4570. The van der Waals surface area contributed by atoms with Crippen molar-refractivity contribution in [1.29, 1.82) is 0 Å². The molecule has 0 bridgehead atoms. The fourth-order valence-corrected chi connectivity index (χ4v) is 9.90. The molecule has 60 heavy (non-hydrogen) atoms. The molecule has 1 aliphatic rings. The molecule has 0 nitrogen and oxygen atoms in total. The van der Waals surface area contributed by atoms with Gasteiger partial charge in [-0.2, -0.15) is 0 Å². The van der Waals surface area contributed by atoms with Gasteiger partial charge in [-0.25, -0.2) is 0 Å². The number of rotatable bonds is 5. The zero-order valence-electron chi connectivity index (χ0n) is 49.8. The topological polar surface area (TPSA) is 0 Å². The second-order valence-electron chi connectivity index (χ2n) is 15.8. The molecule has 0 spiro atoms. The van der Waals surface area contributed by atoms with Crippen molar-refractivity contribution in [2.45, 2.75) is 25.5 Å². The number of benzene rings is 12. The summed E-state index contributed by atoms with van der Waals surface area (Å²) in [6, 6.07) is 30.7. The standard InChI is InChI=1S/C60H40/c1-60(2)54-17-7-6-16-47(54)48-29-26-43(35-55(48)60)51-33-44(45-27-22-41-20-18-37-12-8-14-39-24-30-49(45)58(41)56(37)39)34-53(52(51)32-36-10-4-3-5-11-36)46-28-23-42-21-19-38-13-9-15-40-25-31-50(46)59(42)57(38)40/h3-31,33-35H,32H2,1-2H3/i1D3,2D3,3D,4D,5D,6D,7D,10D,11D,16D,17D,26D,29D,35D. The Labute approximate surface area is 375 Å². The summed E-state index contributed by atoms with van der Waals surface area (Å²) < 4.78 is 165. The summed E-state index contributed by atoms with van der Waals surface area (Å²) >= 11 is 0. The molecule has 0 aromatic heterocycles. The van der Waals surface area contributed by atoms with Gasteiger partial charge in [-0.05, 0) is 156 Å². The first-order valence-electron chi connectivity index (χ1n) is 28.8. The summed E-state index contributed by atoms with van der Waals surface area (Å²) in [6.45, 7) is -7.35. The third-order valence-electron chi connectivity index (χ3n) is 12.6. The molecular weight excluding hydrogens is 721 g/mol. The summed E-state index contributed by atoms with van der Waals surface area (Å²) in [7, 11) is 0. The van der Waals surface area contributed by atoms with E-state index in [2.05, 4.69) is 6.07 Å². The highest BCUT2D eigenvalue weighted by Gasteiger charge is 2.35. The van der Waals surface area contributed by atoms with Crippen LogP contribution in [0.15, 0.2) is 194 Å². The van der Waals surface area contributed by atoms with E-state index >= 15 is 0 Å². The predicted octanol–water partition coefficient (Wildman–Crippen LogP) is 16.4.